The highest BCUT2D eigenvalue weighted by atomic mass is 32.2. The summed E-state index contributed by atoms with van der Waals surface area (Å²) >= 11 is 0. The summed E-state index contributed by atoms with van der Waals surface area (Å²) in [7, 11) is -3.89. The Bertz CT molecular complexity index is 481. The number of hydroxylamine groups is 1. The molecule has 0 atom stereocenters. The van der Waals surface area contributed by atoms with Crippen LogP contribution < -0.4 is 5.73 Å². The van der Waals surface area contributed by atoms with Gasteiger partial charge in [0.1, 0.15) is 0 Å². The molecule has 0 radical (unpaired) electrons. The largest absolute Gasteiger partial charge is 0.366 e. The van der Waals surface area contributed by atoms with E-state index in [2.05, 4.69) is 0 Å². The number of rotatable bonds is 4. The van der Waals surface area contributed by atoms with Crippen LogP contribution in [-0.4, -0.2) is 30.5 Å². The zero-order valence-corrected chi connectivity index (χ0v) is 9.44. The molecule has 0 bridgehead atoms. The van der Waals surface area contributed by atoms with Crippen molar-refractivity contribution >= 4 is 15.9 Å². The molecule has 1 aromatic carbocycles. The molecule has 88 valence electrons. The van der Waals surface area contributed by atoms with Crippen LogP contribution >= 0.6 is 0 Å². The Labute approximate surface area is 93.3 Å². The van der Waals surface area contributed by atoms with Gasteiger partial charge in [0.05, 0.1) is 4.90 Å². The molecule has 0 aliphatic rings. The number of hydrogen-bond acceptors (Lipinski definition) is 4. The molecule has 1 amide bonds. The standard InChI is InChI=1S/C9H12N2O4S/c1-2-11(13)16(14,15)8-5-3-7(4-6-8)9(10)12/h3-6,13H,2H2,1H3,(H2,10,12). The minimum atomic E-state index is -3.89. The first-order valence-electron chi connectivity index (χ1n) is 4.51. The normalized spacial score (nSPS) is 11.7. The summed E-state index contributed by atoms with van der Waals surface area (Å²) in [5.74, 6) is -0.639. The summed E-state index contributed by atoms with van der Waals surface area (Å²) in [6.07, 6.45) is 0. The van der Waals surface area contributed by atoms with E-state index in [0.29, 0.717) is 0 Å². The van der Waals surface area contributed by atoms with Gasteiger partial charge in [0, 0.05) is 12.1 Å². The molecule has 1 rings (SSSR count). The molecular formula is C9H12N2O4S. The van der Waals surface area contributed by atoms with Crippen LogP contribution in [0.3, 0.4) is 0 Å². The number of nitrogens with zero attached hydrogens (tertiary/aromatic N) is 1. The van der Waals surface area contributed by atoms with E-state index in [0.717, 1.165) is 0 Å². The maximum Gasteiger partial charge on any atom is 0.264 e. The van der Waals surface area contributed by atoms with Crippen molar-refractivity contribution in [3.63, 3.8) is 0 Å². The van der Waals surface area contributed by atoms with Crippen molar-refractivity contribution in [2.45, 2.75) is 11.8 Å². The summed E-state index contributed by atoms with van der Waals surface area (Å²) in [4.78, 5) is 10.7. The maximum atomic E-state index is 11.6. The van der Waals surface area contributed by atoms with E-state index in [1.807, 2.05) is 0 Å². The van der Waals surface area contributed by atoms with E-state index in [1.54, 1.807) is 0 Å². The number of hydrogen-bond donors (Lipinski definition) is 2. The first kappa shape index (κ1) is 12.6. The van der Waals surface area contributed by atoms with Gasteiger partial charge in [0.15, 0.2) is 0 Å². The highest BCUT2D eigenvalue weighted by Gasteiger charge is 2.21. The summed E-state index contributed by atoms with van der Waals surface area (Å²) in [5, 5.41) is 9.17. The Kier molecular flexibility index (Phi) is 3.63. The summed E-state index contributed by atoms with van der Waals surface area (Å²) in [6.45, 7) is 1.44. The molecule has 16 heavy (non-hydrogen) atoms. The molecule has 0 aliphatic heterocycles. The van der Waals surface area contributed by atoms with Gasteiger partial charge < -0.3 is 5.73 Å². The molecule has 0 aliphatic carbocycles. The zero-order chi connectivity index (χ0) is 12.3. The predicted molar refractivity (Wildman–Crippen MR) is 56.3 cm³/mol. The van der Waals surface area contributed by atoms with Crippen LogP contribution in [0.4, 0.5) is 0 Å². The summed E-state index contributed by atoms with van der Waals surface area (Å²) < 4.78 is 23.4. The molecule has 0 spiro atoms. The minimum absolute atomic E-state index is 0.0557. The van der Waals surface area contributed by atoms with Gasteiger partial charge in [-0.05, 0) is 31.2 Å². The van der Waals surface area contributed by atoms with Crippen molar-refractivity contribution in [3.05, 3.63) is 29.8 Å². The lowest BCUT2D eigenvalue weighted by atomic mass is 10.2. The van der Waals surface area contributed by atoms with Crippen LogP contribution in [-0.2, 0) is 10.0 Å². The van der Waals surface area contributed by atoms with E-state index in [-0.39, 0.29) is 21.5 Å². The van der Waals surface area contributed by atoms with Gasteiger partial charge in [-0.15, -0.1) is 0 Å². The fourth-order valence-electron chi connectivity index (χ4n) is 1.08. The fraction of sp³-hybridized carbons (Fsp3) is 0.222. The third-order valence-electron chi connectivity index (χ3n) is 1.98. The smallest absolute Gasteiger partial charge is 0.264 e. The van der Waals surface area contributed by atoms with Crippen molar-refractivity contribution in [3.8, 4) is 0 Å². The molecule has 0 fully saturated rings. The van der Waals surface area contributed by atoms with Crippen LogP contribution in [0.2, 0.25) is 0 Å². The summed E-state index contributed by atoms with van der Waals surface area (Å²) in [6, 6.07) is 5.01. The van der Waals surface area contributed by atoms with Crippen molar-refractivity contribution in [2.24, 2.45) is 5.73 Å². The zero-order valence-electron chi connectivity index (χ0n) is 8.62. The second kappa shape index (κ2) is 4.60. The molecular weight excluding hydrogens is 232 g/mol. The molecule has 0 heterocycles. The molecule has 6 nitrogen and oxygen atoms in total. The minimum Gasteiger partial charge on any atom is -0.366 e. The molecule has 0 saturated carbocycles. The van der Waals surface area contributed by atoms with Gasteiger partial charge >= 0.3 is 0 Å². The quantitative estimate of drug-likeness (QED) is 0.738. The SMILES string of the molecule is CCN(O)S(=O)(=O)c1ccc(C(N)=O)cc1. The average Bonchev–Trinajstić information content (AvgIpc) is 2.28. The van der Waals surface area contributed by atoms with Crippen molar-refractivity contribution in [1.29, 1.82) is 0 Å². The fourth-order valence-corrected chi connectivity index (χ4v) is 2.15. The number of sulfonamides is 1. The highest BCUT2D eigenvalue weighted by Crippen LogP contribution is 2.14. The van der Waals surface area contributed by atoms with Gasteiger partial charge in [-0.1, -0.05) is 4.47 Å². The summed E-state index contributed by atoms with van der Waals surface area (Å²) in [5.41, 5.74) is 5.22. The van der Waals surface area contributed by atoms with Crippen molar-refractivity contribution in [2.75, 3.05) is 6.54 Å². The van der Waals surface area contributed by atoms with Gasteiger partial charge in [-0.25, -0.2) is 8.42 Å². The first-order valence-corrected chi connectivity index (χ1v) is 5.95. The van der Waals surface area contributed by atoms with Crippen LogP contribution in [0.1, 0.15) is 17.3 Å². The van der Waals surface area contributed by atoms with Gasteiger partial charge in [0.25, 0.3) is 10.0 Å². The second-order valence-corrected chi connectivity index (χ2v) is 4.88. The predicted octanol–water partition coefficient (Wildman–Crippen LogP) is 0.185. The molecule has 0 aromatic heterocycles. The Hall–Kier alpha value is -1.44. The number of benzene rings is 1. The lowest BCUT2D eigenvalue weighted by molar-refractivity contribution is 0.00857. The van der Waals surface area contributed by atoms with Crippen LogP contribution in [0.15, 0.2) is 29.2 Å². The van der Waals surface area contributed by atoms with Crippen molar-refractivity contribution in [1.82, 2.24) is 4.47 Å². The number of amides is 1. The number of carbonyl (C=O) groups excluding carboxylic acids is 1. The highest BCUT2D eigenvalue weighted by molar-refractivity contribution is 7.89. The monoisotopic (exact) mass is 244 g/mol. The van der Waals surface area contributed by atoms with E-state index in [4.69, 9.17) is 5.73 Å². The van der Waals surface area contributed by atoms with Gasteiger partial charge in [-0.2, -0.15) is 0 Å². The molecule has 1 aromatic rings. The number of nitrogens with two attached hydrogens (primary N) is 1. The number of primary amides is 1. The van der Waals surface area contributed by atoms with E-state index < -0.39 is 15.9 Å². The molecule has 0 saturated heterocycles. The lowest BCUT2D eigenvalue weighted by Gasteiger charge is -2.12. The van der Waals surface area contributed by atoms with E-state index >= 15 is 0 Å². The first-order chi connectivity index (χ1) is 7.39. The van der Waals surface area contributed by atoms with Crippen molar-refractivity contribution < 1.29 is 18.4 Å². The third kappa shape index (κ3) is 2.38. The van der Waals surface area contributed by atoms with Gasteiger partial charge in [-0.3, -0.25) is 10.0 Å². The topological polar surface area (TPSA) is 101 Å². The van der Waals surface area contributed by atoms with E-state index in [1.165, 1.54) is 31.2 Å². The molecule has 0 unspecified atom stereocenters. The maximum absolute atomic E-state index is 11.6. The third-order valence-corrected chi connectivity index (χ3v) is 3.67. The lowest BCUT2D eigenvalue weighted by Crippen LogP contribution is -2.27. The molecule has 7 heteroatoms. The van der Waals surface area contributed by atoms with Gasteiger partial charge in [0.2, 0.25) is 5.91 Å². The van der Waals surface area contributed by atoms with Crippen LogP contribution in [0, 0.1) is 0 Å². The Morgan fingerprint density at radius 1 is 1.38 bits per heavy atom. The second-order valence-electron chi connectivity index (χ2n) is 3.03. The van der Waals surface area contributed by atoms with E-state index in [9.17, 15) is 18.4 Å². The number of carbonyl (C=O) groups is 1. The Morgan fingerprint density at radius 3 is 2.25 bits per heavy atom. The van der Waals surface area contributed by atoms with Crippen LogP contribution in [0.5, 0.6) is 0 Å². The molecule has 3 N–H and O–H groups in total. The Balaban J connectivity index is 3.12. The average molecular weight is 244 g/mol. The Morgan fingerprint density at radius 2 is 1.88 bits per heavy atom. The van der Waals surface area contributed by atoms with Crippen LogP contribution in [0.25, 0.3) is 0 Å².